The van der Waals surface area contributed by atoms with Crippen LogP contribution in [0.4, 0.5) is 5.82 Å². The molecule has 6 heteroatoms. The molecule has 0 unspecified atom stereocenters. The summed E-state index contributed by atoms with van der Waals surface area (Å²) in [7, 11) is 1.34. The van der Waals surface area contributed by atoms with Crippen molar-refractivity contribution in [1.29, 1.82) is 0 Å². The van der Waals surface area contributed by atoms with Crippen LogP contribution in [-0.2, 0) is 4.74 Å². The van der Waals surface area contributed by atoms with Gasteiger partial charge in [0.25, 0.3) is 0 Å². The average Bonchev–Trinajstić information content (AvgIpc) is 2.73. The molecule has 1 saturated heterocycles. The summed E-state index contributed by atoms with van der Waals surface area (Å²) in [5, 5.41) is 8.07. The van der Waals surface area contributed by atoms with Crippen molar-refractivity contribution in [2.24, 2.45) is 0 Å². The van der Waals surface area contributed by atoms with Gasteiger partial charge < -0.3 is 14.5 Å². The van der Waals surface area contributed by atoms with Crippen molar-refractivity contribution in [3.63, 3.8) is 0 Å². The van der Waals surface area contributed by atoms with E-state index in [1.807, 2.05) is 6.07 Å². The molecule has 20 heavy (non-hydrogen) atoms. The first-order valence-electron chi connectivity index (χ1n) is 7.14. The average molecular weight is 278 g/mol. The Morgan fingerprint density at radius 1 is 1.25 bits per heavy atom. The van der Waals surface area contributed by atoms with E-state index in [1.165, 1.54) is 13.5 Å². The molecule has 1 aliphatic rings. The molecule has 0 radical (unpaired) electrons. The molecule has 0 aromatic carbocycles. The highest BCUT2D eigenvalue weighted by Crippen LogP contribution is 2.13. The molecule has 0 bridgehead atoms. The maximum atomic E-state index is 11.3. The van der Waals surface area contributed by atoms with Crippen molar-refractivity contribution in [2.45, 2.75) is 19.8 Å². The Balaban J connectivity index is 1.99. The van der Waals surface area contributed by atoms with Gasteiger partial charge in [0, 0.05) is 19.6 Å². The Bertz CT molecular complexity index is 435. The van der Waals surface area contributed by atoms with Gasteiger partial charge in [-0.15, -0.1) is 10.2 Å². The Morgan fingerprint density at radius 3 is 2.75 bits per heavy atom. The second-order valence-electron chi connectivity index (χ2n) is 4.95. The number of hydrogen-bond donors (Lipinski definition) is 0. The molecule has 0 N–H and O–H groups in total. The van der Waals surface area contributed by atoms with Crippen molar-refractivity contribution in [2.75, 3.05) is 44.7 Å². The van der Waals surface area contributed by atoms with Crippen LogP contribution < -0.4 is 4.90 Å². The molecule has 6 nitrogen and oxygen atoms in total. The molecule has 1 aromatic heterocycles. The normalized spacial score (nSPS) is 16.8. The van der Waals surface area contributed by atoms with Gasteiger partial charge in [0.15, 0.2) is 11.5 Å². The first-order valence-corrected chi connectivity index (χ1v) is 7.14. The van der Waals surface area contributed by atoms with Crippen LogP contribution in [0.2, 0.25) is 0 Å². The van der Waals surface area contributed by atoms with E-state index < -0.39 is 5.97 Å². The second-order valence-corrected chi connectivity index (χ2v) is 4.95. The number of hydrogen-bond acceptors (Lipinski definition) is 6. The Hall–Kier alpha value is -1.69. The lowest BCUT2D eigenvalue weighted by Gasteiger charge is -2.22. The maximum absolute atomic E-state index is 11.3. The lowest BCUT2D eigenvalue weighted by Crippen LogP contribution is -2.31. The summed E-state index contributed by atoms with van der Waals surface area (Å²) in [4.78, 5) is 16.0. The van der Waals surface area contributed by atoms with E-state index in [1.54, 1.807) is 6.07 Å². The fourth-order valence-electron chi connectivity index (χ4n) is 2.45. The molecule has 0 amide bonds. The number of anilines is 1. The zero-order valence-electron chi connectivity index (χ0n) is 12.2. The van der Waals surface area contributed by atoms with Gasteiger partial charge in [-0.25, -0.2) is 4.79 Å². The van der Waals surface area contributed by atoms with Crippen molar-refractivity contribution in [3.05, 3.63) is 17.8 Å². The highest BCUT2D eigenvalue weighted by atomic mass is 16.5. The monoisotopic (exact) mass is 278 g/mol. The number of methoxy groups -OCH3 is 1. The molecule has 2 heterocycles. The van der Waals surface area contributed by atoms with Crippen LogP contribution in [0.3, 0.4) is 0 Å². The first kappa shape index (κ1) is 14.7. The topological polar surface area (TPSA) is 58.6 Å². The molecular formula is C14H22N4O2. The zero-order chi connectivity index (χ0) is 14.4. The van der Waals surface area contributed by atoms with Gasteiger partial charge in [-0.05, 0) is 38.1 Å². The third-order valence-electron chi connectivity index (χ3n) is 3.50. The van der Waals surface area contributed by atoms with E-state index >= 15 is 0 Å². The van der Waals surface area contributed by atoms with E-state index in [2.05, 4.69) is 31.7 Å². The molecule has 110 valence electrons. The third kappa shape index (κ3) is 3.66. The van der Waals surface area contributed by atoms with Crippen LogP contribution in [0.5, 0.6) is 0 Å². The molecule has 1 aliphatic heterocycles. The molecule has 0 saturated carbocycles. The number of esters is 1. The largest absolute Gasteiger partial charge is 0.464 e. The van der Waals surface area contributed by atoms with E-state index in [4.69, 9.17) is 0 Å². The molecule has 0 atom stereocenters. The van der Waals surface area contributed by atoms with Gasteiger partial charge >= 0.3 is 5.97 Å². The number of rotatable bonds is 4. The number of aromatic nitrogens is 2. The Kier molecular flexibility index (Phi) is 5.29. The SMILES string of the molecule is CCCN1CCCN(c2ccc(C(=O)OC)nn2)CC1. The van der Waals surface area contributed by atoms with Gasteiger partial charge in [-0.3, -0.25) is 0 Å². The van der Waals surface area contributed by atoms with Gasteiger partial charge in [0.05, 0.1) is 7.11 Å². The minimum absolute atomic E-state index is 0.249. The van der Waals surface area contributed by atoms with Crippen molar-refractivity contribution in [1.82, 2.24) is 15.1 Å². The van der Waals surface area contributed by atoms with E-state index in [9.17, 15) is 4.79 Å². The van der Waals surface area contributed by atoms with Crippen LogP contribution in [0.15, 0.2) is 12.1 Å². The predicted molar refractivity (Wildman–Crippen MR) is 76.9 cm³/mol. The number of carbonyl (C=O) groups excluding carboxylic acids is 1. The van der Waals surface area contributed by atoms with Crippen LogP contribution in [-0.4, -0.2) is 60.9 Å². The van der Waals surface area contributed by atoms with Crippen molar-refractivity contribution in [3.8, 4) is 0 Å². The second kappa shape index (κ2) is 7.19. The molecule has 0 aliphatic carbocycles. The molecule has 1 aromatic rings. The highest BCUT2D eigenvalue weighted by Gasteiger charge is 2.16. The van der Waals surface area contributed by atoms with E-state index in [-0.39, 0.29) is 5.69 Å². The molecule has 0 spiro atoms. The molecule has 1 fully saturated rings. The standard InChI is InChI=1S/C14H22N4O2/c1-3-7-17-8-4-9-18(11-10-17)13-6-5-12(15-16-13)14(19)20-2/h5-6H,3-4,7-11H2,1-2H3. The smallest absolute Gasteiger partial charge is 0.358 e. The summed E-state index contributed by atoms with van der Waals surface area (Å²) in [6.45, 7) is 7.48. The number of nitrogens with zero attached hydrogens (tertiary/aromatic N) is 4. The van der Waals surface area contributed by atoms with Gasteiger partial charge in [0.2, 0.25) is 0 Å². The highest BCUT2D eigenvalue weighted by molar-refractivity contribution is 5.86. The van der Waals surface area contributed by atoms with Crippen LogP contribution in [0.1, 0.15) is 30.3 Å². The molecule has 2 rings (SSSR count). The van der Waals surface area contributed by atoms with Crippen LogP contribution in [0.25, 0.3) is 0 Å². The zero-order valence-corrected chi connectivity index (χ0v) is 12.2. The maximum Gasteiger partial charge on any atom is 0.358 e. The van der Waals surface area contributed by atoms with Crippen LogP contribution in [0, 0.1) is 0 Å². The molecular weight excluding hydrogens is 256 g/mol. The lowest BCUT2D eigenvalue weighted by molar-refractivity contribution is 0.0592. The summed E-state index contributed by atoms with van der Waals surface area (Å²) in [5.41, 5.74) is 0.249. The van der Waals surface area contributed by atoms with Gasteiger partial charge in [0.1, 0.15) is 0 Å². The quantitative estimate of drug-likeness (QED) is 0.771. The minimum Gasteiger partial charge on any atom is -0.464 e. The summed E-state index contributed by atoms with van der Waals surface area (Å²) in [6.07, 6.45) is 2.31. The van der Waals surface area contributed by atoms with Crippen LogP contribution >= 0.6 is 0 Å². The lowest BCUT2D eigenvalue weighted by atomic mass is 10.3. The first-order chi connectivity index (χ1) is 9.74. The minimum atomic E-state index is -0.450. The fourth-order valence-corrected chi connectivity index (χ4v) is 2.45. The predicted octanol–water partition coefficient (Wildman–Crippen LogP) is 1.19. The van der Waals surface area contributed by atoms with Gasteiger partial charge in [-0.2, -0.15) is 0 Å². The Morgan fingerprint density at radius 2 is 2.10 bits per heavy atom. The summed E-state index contributed by atoms with van der Waals surface area (Å²) in [5.74, 6) is 0.380. The summed E-state index contributed by atoms with van der Waals surface area (Å²) in [6, 6.07) is 3.51. The van der Waals surface area contributed by atoms with E-state index in [0.717, 1.165) is 45.0 Å². The van der Waals surface area contributed by atoms with Gasteiger partial charge in [-0.1, -0.05) is 6.92 Å². The van der Waals surface area contributed by atoms with Crippen molar-refractivity contribution >= 4 is 11.8 Å². The van der Waals surface area contributed by atoms with Crippen molar-refractivity contribution < 1.29 is 9.53 Å². The number of carbonyl (C=O) groups is 1. The fraction of sp³-hybridized carbons (Fsp3) is 0.643. The summed E-state index contributed by atoms with van der Waals surface area (Å²) >= 11 is 0. The number of ether oxygens (including phenoxy) is 1. The summed E-state index contributed by atoms with van der Waals surface area (Å²) < 4.78 is 4.62. The van der Waals surface area contributed by atoms with E-state index in [0.29, 0.717) is 0 Å². The Labute approximate surface area is 119 Å². The third-order valence-corrected chi connectivity index (χ3v) is 3.50.